The maximum atomic E-state index is 12.1. The Kier molecular flexibility index (Phi) is 5.65. The minimum Gasteiger partial charge on any atom is -0.348 e. The van der Waals surface area contributed by atoms with Gasteiger partial charge in [0.25, 0.3) is 0 Å². The van der Waals surface area contributed by atoms with Gasteiger partial charge in [-0.05, 0) is 30.4 Å². The van der Waals surface area contributed by atoms with Gasteiger partial charge in [0.05, 0.1) is 0 Å². The number of benzene rings is 1. The maximum absolute atomic E-state index is 12.1. The van der Waals surface area contributed by atoms with E-state index in [1.807, 2.05) is 35.7 Å². The summed E-state index contributed by atoms with van der Waals surface area (Å²) in [6, 6.07) is 9.42. The first-order valence-electron chi connectivity index (χ1n) is 8.00. The molecule has 1 atom stereocenters. The first-order chi connectivity index (χ1) is 11.6. The van der Waals surface area contributed by atoms with Crippen molar-refractivity contribution in [2.45, 2.75) is 12.8 Å². The molecule has 2 heterocycles. The Bertz CT molecular complexity index is 758. The van der Waals surface area contributed by atoms with Crippen LogP contribution >= 0.6 is 11.3 Å². The smallest absolute Gasteiger partial charge is 0.233 e. The Morgan fingerprint density at radius 3 is 2.92 bits per heavy atom. The Labute approximate surface area is 147 Å². The van der Waals surface area contributed by atoms with Crippen LogP contribution in [0.1, 0.15) is 18.4 Å². The highest BCUT2D eigenvalue weighted by atomic mass is 32.2. The van der Waals surface area contributed by atoms with Crippen LogP contribution in [0.5, 0.6) is 0 Å². The number of rotatable bonds is 6. The van der Waals surface area contributed by atoms with E-state index in [4.69, 9.17) is 0 Å². The third-order valence-corrected chi connectivity index (χ3v) is 5.92. The molecule has 128 valence electrons. The molecule has 1 saturated heterocycles. The van der Waals surface area contributed by atoms with Gasteiger partial charge in [0, 0.05) is 36.6 Å². The number of aromatic nitrogens is 1. The van der Waals surface area contributed by atoms with E-state index in [-0.39, 0.29) is 0 Å². The second kappa shape index (κ2) is 7.92. The number of nitrogens with one attached hydrogen (secondary N) is 1. The minimum atomic E-state index is -3.41. The van der Waals surface area contributed by atoms with E-state index in [0.29, 0.717) is 12.5 Å². The van der Waals surface area contributed by atoms with Gasteiger partial charge in [0.1, 0.15) is 0 Å². The lowest BCUT2D eigenvalue weighted by Gasteiger charge is -2.32. The number of hydrogen-bond donors (Lipinski definition) is 1. The molecule has 24 heavy (non-hydrogen) atoms. The molecule has 5 nitrogen and oxygen atoms in total. The van der Waals surface area contributed by atoms with E-state index in [1.54, 1.807) is 23.6 Å². The zero-order valence-electron chi connectivity index (χ0n) is 13.3. The number of piperidine rings is 1. The van der Waals surface area contributed by atoms with Gasteiger partial charge in [-0.15, -0.1) is 11.3 Å². The van der Waals surface area contributed by atoms with Crippen molar-refractivity contribution < 1.29 is 8.42 Å². The lowest BCUT2D eigenvalue weighted by atomic mass is 9.99. The normalized spacial score (nSPS) is 19.0. The Balaban J connectivity index is 1.53. The summed E-state index contributed by atoms with van der Waals surface area (Å²) in [7, 11) is -3.41. The van der Waals surface area contributed by atoms with E-state index < -0.39 is 10.0 Å². The third kappa shape index (κ3) is 4.90. The summed E-state index contributed by atoms with van der Waals surface area (Å²) < 4.78 is 27.0. The fourth-order valence-electron chi connectivity index (χ4n) is 2.79. The molecular weight excluding hydrogens is 342 g/mol. The maximum Gasteiger partial charge on any atom is 0.233 e. The van der Waals surface area contributed by atoms with Crippen molar-refractivity contribution in [1.29, 1.82) is 0 Å². The second-order valence-electron chi connectivity index (χ2n) is 5.88. The van der Waals surface area contributed by atoms with Crippen molar-refractivity contribution in [3.63, 3.8) is 0 Å². The first-order valence-corrected chi connectivity index (χ1v) is 10.4. The topological polar surface area (TPSA) is 62.3 Å². The molecule has 1 aromatic carbocycles. The summed E-state index contributed by atoms with van der Waals surface area (Å²) in [6.07, 6.45) is 5.52. The number of nitrogens with zero attached hydrogens (tertiary/aromatic N) is 2. The van der Waals surface area contributed by atoms with Crippen molar-refractivity contribution >= 4 is 32.6 Å². The molecule has 0 amide bonds. The molecule has 1 aromatic heterocycles. The summed E-state index contributed by atoms with van der Waals surface area (Å²) >= 11 is 1.63. The van der Waals surface area contributed by atoms with Crippen molar-refractivity contribution in [2.75, 3.05) is 24.5 Å². The number of anilines is 1. The SMILES string of the molecule is O=S(=O)(/C=C/c1ccccc1)NCC1CCCN(c2nccs2)C1. The number of thiazole rings is 1. The van der Waals surface area contributed by atoms with Crippen LogP contribution in [0, 0.1) is 5.92 Å². The van der Waals surface area contributed by atoms with Gasteiger partial charge >= 0.3 is 0 Å². The molecule has 2 aromatic rings. The minimum absolute atomic E-state index is 0.308. The van der Waals surface area contributed by atoms with Crippen LogP contribution in [-0.2, 0) is 10.0 Å². The fourth-order valence-corrected chi connectivity index (χ4v) is 4.37. The molecule has 1 N–H and O–H groups in total. The molecule has 1 aliphatic heterocycles. The predicted molar refractivity (Wildman–Crippen MR) is 99.4 cm³/mol. The molecule has 0 spiro atoms. The highest BCUT2D eigenvalue weighted by Crippen LogP contribution is 2.24. The summed E-state index contributed by atoms with van der Waals surface area (Å²) in [5, 5.41) is 4.23. The molecule has 1 aliphatic rings. The zero-order valence-corrected chi connectivity index (χ0v) is 15.0. The summed E-state index contributed by atoms with van der Waals surface area (Å²) in [6.45, 7) is 2.30. The number of hydrogen-bond acceptors (Lipinski definition) is 5. The van der Waals surface area contributed by atoms with Gasteiger partial charge < -0.3 is 4.90 Å². The van der Waals surface area contributed by atoms with Crippen LogP contribution in [0.15, 0.2) is 47.3 Å². The van der Waals surface area contributed by atoms with Crippen LogP contribution < -0.4 is 9.62 Å². The molecule has 3 rings (SSSR count). The highest BCUT2D eigenvalue weighted by Gasteiger charge is 2.22. The van der Waals surface area contributed by atoms with Gasteiger partial charge in [-0.1, -0.05) is 30.3 Å². The second-order valence-corrected chi connectivity index (χ2v) is 8.40. The quantitative estimate of drug-likeness (QED) is 0.857. The lowest BCUT2D eigenvalue weighted by molar-refractivity contribution is 0.411. The van der Waals surface area contributed by atoms with Gasteiger partial charge in [-0.25, -0.2) is 18.1 Å². The molecule has 0 saturated carbocycles. The molecular formula is C17H21N3O2S2. The highest BCUT2D eigenvalue weighted by molar-refractivity contribution is 7.92. The van der Waals surface area contributed by atoms with Crippen molar-refractivity contribution in [1.82, 2.24) is 9.71 Å². The fraction of sp³-hybridized carbons (Fsp3) is 0.353. The van der Waals surface area contributed by atoms with Gasteiger partial charge in [-0.3, -0.25) is 0 Å². The Hall–Kier alpha value is -1.70. The first kappa shape index (κ1) is 17.1. The summed E-state index contributed by atoms with van der Waals surface area (Å²) in [4.78, 5) is 6.58. The van der Waals surface area contributed by atoms with Crippen molar-refractivity contribution in [3.05, 3.63) is 52.9 Å². The average molecular weight is 364 g/mol. The average Bonchev–Trinajstić information content (AvgIpc) is 3.14. The summed E-state index contributed by atoms with van der Waals surface area (Å²) in [5.41, 5.74) is 0.871. The van der Waals surface area contributed by atoms with Crippen LogP contribution in [0.3, 0.4) is 0 Å². The molecule has 0 bridgehead atoms. The zero-order chi connectivity index (χ0) is 16.8. The van der Waals surface area contributed by atoms with E-state index in [1.165, 1.54) is 5.41 Å². The molecule has 1 fully saturated rings. The van der Waals surface area contributed by atoms with E-state index in [9.17, 15) is 8.42 Å². The van der Waals surface area contributed by atoms with E-state index in [2.05, 4.69) is 14.6 Å². The van der Waals surface area contributed by atoms with Crippen LogP contribution in [0.2, 0.25) is 0 Å². The largest absolute Gasteiger partial charge is 0.348 e. The van der Waals surface area contributed by atoms with Crippen LogP contribution in [-0.4, -0.2) is 33.0 Å². The Morgan fingerprint density at radius 1 is 1.33 bits per heavy atom. The standard InChI is InChI=1S/C17H21N3O2S2/c21-24(22,12-8-15-5-2-1-3-6-15)19-13-16-7-4-10-20(14-16)17-18-9-11-23-17/h1-3,5-6,8-9,11-12,16,19H,4,7,10,13-14H2/b12-8+. The molecule has 1 unspecified atom stereocenters. The van der Waals surface area contributed by atoms with E-state index >= 15 is 0 Å². The van der Waals surface area contributed by atoms with Gasteiger partial charge in [0.15, 0.2) is 5.13 Å². The molecule has 0 aliphatic carbocycles. The van der Waals surface area contributed by atoms with Crippen LogP contribution in [0.4, 0.5) is 5.13 Å². The monoisotopic (exact) mass is 363 g/mol. The lowest BCUT2D eigenvalue weighted by Crippen LogP contribution is -2.40. The number of sulfonamides is 1. The summed E-state index contributed by atoms with van der Waals surface area (Å²) in [5.74, 6) is 0.308. The third-order valence-electron chi connectivity index (χ3n) is 4.02. The molecule has 7 heteroatoms. The van der Waals surface area contributed by atoms with Crippen molar-refractivity contribution in [3.8, 4) is 0 Å². The van der Waals surface area contributed by atoms with Gasteiger partial charge in [0.2, 0.25) is 10.0 Å². The van der Waals surface area contributed by atoms with Gasteiger partial charge in [-0.2, -0.15) is 0 Å². The Morgan fingerprint density at radius 2 is 2.17 bits per heavy atom. The van der Waals surface area contributed by atoms with Crippen LogP contribution in [0.25, 0.3) is 6.08 Å². The van der Waals surface area contributed by atoms with E-state index in [0.717, 1.165) is 36.6 Å². The molecule has 0 radical (unpaired) electrons. The van der Waals surface area contributed by atoms with Crippen molar-refractivity contribution in [2.24, 2.45) is 5.92 Å². The predicted octanol–water partition coefficient (Wildman–Crippen LogP) is 2.95.